The van der Waals surface area contributed by atoms with Gasteiger partial charge in [0, 0.05) is 13.0 Å². The van der Waals surface area contributed by atoms with E-state index < -0.39 is 0 Å². The zero-order valence-corrected chi connectivity index (χ0v) is 17.4. The van der Waals surface area contributed by atoms with Gasteiger partial charge in [-0.3, -0.25) is 9.69 Å². The third-order valence-electron chi connectivity index (χ3n) is 5.12. The van der Waals surface area contributed by atoms with E-state index in [0.29, 0.717) is 24.1 Å². The number of benzene rings is 2. The number of hydrogen-bond acceptors (Lipinski definition) is 6. The Balaban J connectivity index is 1.55. The fraction of sp³-hybridized carbons (Fsp3) is 0.273. The lowest BCUT2D eigenvalue weighted by Gasteiger charge is -2.19. The highest BCUT2D eigenvalue weighted by atomic mass is 32.1. The van der Waals surface area contributed by atoms with E-state index in [-0.39, 0.29) is 5.91 Å². The topological polar surface area (TPSA) is 73.1 Å². The zero-order chi connectivity index (χ0) is 20.5. The van der Waals surface area contributed by atoms with Crippen LogP contribution in [0.3, 0.4) is 0 Å². The molecular formula is C22H21N5O2S. The molecule has 0 aliphatic carbocycles. The standard InChI is InChI=1S/C22H21N5O2S/c1-2-29-16-10-11-17-18(13-16)30-22(23-17)27(14-15-7-4-3-5-8-15)21(28)20-25-24-19-9-6-12-26(19)20/h3-5,7-8,10-11,13H,2,6,9,12,14H2,1H3. The second-order valence-corrected chi connectivity index (χ2v) is 8.14. The molecular weight excluding hydrogens is 398 g/mol. The van der Waals surface area contributed by atoms with Crippen LogP contribution in [0.2, 0.25) is 0 Å². The fourth-order valence-electron chi connectivity index (χ4n) is 3.69. The van der Waals surface area contributed by atoms with Crippen LogP contribution in [0.5, 0.6) is 5.75 Å². The van der Waals surface area contributed by atoms with Crippen molar-refractivity contribution in [3.63, 3.8) is 0 Å². The number of aromatic nitrogens is 4. The van der Waals surface area contributed by atoms with Crippen molar-refractivity contribution in [3.05, 3.63) is 65.7 Å². The molecule has 0 fully saturated rings. The molecule has 3 heterocycles. The highest BCUT2D eigenvalue weighted by Gasteiger charge is 2.29. The smallest absolute Gasteiger partial charge is 0.298 e. The first kappa shape index (κ1) is 18.7. The molecule has 0 spiro atoms. The van der Waals surface area contributed by atoms with Crippen LogP contribution >= 0.6 is 11.3 Å². The van der Waals surface area contributed by atoms with Gasteiger partial charge in [-0.25, -0.2) is 4.98 Å². The first-order valence-corrected chi connectivity index (χ1v) is 10.9. The number of carbonyl (C=O) groups is 1. The molecule has 0 atom stereocenters. The number of ether oxygens (including phenoxy) is 1. The van der Waals surface area contributed by atoms with Gasteiger partial charge in [0.2, 0.25) is 5.82 Å². The summed E-state index contributed by atoms with van der Waals surface area (Å²) < 4.78 is 8.52. The first-order valence-electron chi connectivity index (χ1n) is 10.0. The molecule has 152 valence electrons. The van der Waals surface area contributed by atoms with Crippen LogP contribution in [0.25, 0.3) is 10.2 Å². The molecule has 8 heteroatoms. The van der Waals surface area contributed by atoms with Gasteiger partial charge in [0.05, 0.1) is 23.4 Å². The van der Waals surface area contributed by atoms with Gasteiger partial charge in [0.1, 0.15) is 11.6 Å². The zero-order valence-electron chi connectivity index (χ0n) is 16.6. The molecule has 2 aromatic carbocycles. The number of amides is 1. The van der Waals surface area contributed by atoms with Crippen molar-refractivity contribution in [1.82, 2.24) is 19.7 Å². The molecule has 0 saturated heterocycles. The molecule has 2 aromatic heterocycles. The Labute approximate surface area is 177 Å². The van der Waals surface area contributed by atoms with Gasteiger partial charge < -0.3 is 9.30 Å². The quantitative estimate of drug-likeness (QED) is 0.471. The Morgan fingerprint density at radius 3 is 2.90 bits per heavy atom. The Morgan fingerprint density at radius 1 is 1.20 bits per heavy atom. The van der Waals surface area contributed by atoms with Crippen molar-refractivity contribution in [1.29, 1.82) is 0 Å². The molecule has 1 aliphatic rings. The Bertz CT molecular complexity index is 1200. The lowest BCUT2D eigenvalue weighted by Crippen LogP contribution is -2.32. The molecule has 0 N–H and O–H groups in total. The maximum absolute atomic E-state index is 13.6. The number of aryl methyl sites for hydroxylation is 1. The maximum atomic E-state index is 13.6. The summed E-state index contributed by atoms with van der Waals surface area (Å²) in [7, 11) is 0. The molecule has 1 amide bonds. The van der Waals surface area contributed by atoms with Gasteiger partial charge in [-0.2, -0.15) is 0 Å². The summed E-state index contributed by atoms with van der Waals surface area (Å²) in [5.41, 5.74) is 1.87. The summed E-state index contributed by atoms with van der Waals surface area (Å²) >= 11 is 1.48. The Morgan fingerprint density at radius 2 is 2.07 bits per heavy atom. The van der Waals surface area contributed by atoms with Crippen molar-refractivity contribution in [2.24, 2.45) is 0 Å². The largest absolute Gasteiger partial charge is 0.494 e. The molecule has 30 heavy (non-hydrogen) atoms. The van der Waals surface area contributed by atoms with Crippen LogP contribution in [-0.2, 0) is 19.5 Å². The second kappa shape index (κ2) is 7.87. The van der Waals surface area contributed by atoms with Crippen LogP contribution in [0.1, 0.15) is 35.4 Å². The van der Waals surface area contributed by atoms with Crippen LogP contribution in [0.15, 0.2) is 48.5 Å². The average molecular weight is 420 g/mol. The van der Waals surface area contributed by atoms with Crippen molar-refractivity contribution in [2.45, 2.75) is 32.9 Å². The average Bonchev–Trinajstić information content (AvgIpc) is 3.47. The maximum Gasteiger partial charge on any atom is 0.298 e. The van der Waals surface area contributed by atoms with Crippen molar-refractivity contribution >= 4 is 32.6 Å². The number of hydrogen-bond donors (Lipinski definition) is 0. The number of thiazole rings is 1. The summed E-state index contributed by atoms with van der Waals surface area (Å²) in [6.07, 6.45) is 1.85. The van der Waals surface area contributed by atoms with Gasteiger partial charge in [-0.1, -0.05) is 41.7 Å². The van der Waals surface area contributed by atoms with E-state index in [9.17, 15) is 4.79 Å². The van der Waals surface area contributed by atoms with Crippen LogP contribution < -0.4 is 9.64 Å². The summed E-state index contributed by atoms with van der Waals surface area (Å²) in [5.74, 6) is 1.89. The summed E-state index contributed by atoms with van der Waals surface area (Å²) in [6.45, 7) is 3.76. The van der Waals surface area contributed by atoms with E-state index in [4.69, 9.17) is 9.72 Å². The summed E-state index contributed by atoms with van der Waals surface area (Å²) in [5, 5.41) is 9.05. The van der Waals surface area contributed by atoms with E-state index >= 15 is 0 Å². The molecule has 5 rings (SSSR count). The van der Waals surface area contributed by atoms with E-state index in [1.165, 1.54) is 11.3 Å². The Hall–Kier alpha value is -3.26. The van der Waals surface area contributed by atoms with Crippen LogP contribution in [-0.4, -0.2) is 32.3 Å². The highest BCUT2D eigenvalue weighted by molar-refractivity contribution is 7.22. The van der Waals surface area contributed by atoms with Crippen molar-refractivity contribution < 1.29 is 9.53 Å². The summed E-state index contributed by atoms with van der Waals surface area (Å²) in [4.78, 5) is 20.0. The van der Waals surface area contributed by atoms with Gasteiger partial charge >= 0.3 is 0 Å². The molecule has 0 radical (unpaired) electrons. The molecule has 0 bridgehead atoms. The molecule has 7 nitrogen and oxygen atoms in total. The normalized spacial score (nSPS) is 12.8. The summed E-state index contributed by atoms with van der Waals surface area (Å²) in [6, 6.07) is 15.7. The lowest BCUT2D eigenvalue weighted by molar-refractivity contribution is 0.0970. The van der Waals surface area contributed by atoms with Gasteiger partial charge in [-0.15, -0.1) is 10.2 Å². The Kier molecular flexibility index (Phi) is 4.92. The number of rotatable bonds is 6. The van der Waals surface area contributed by atoms with E-state index in [1.807, 2.05) is 60.0 Å². The van der Waals surface area contributed by atoms with Crippen molar-refractivity contribution in [3.8, 4) is 5.75 Å². The highest BCUT2D eigenvalue weighted by Crippen LogP contribution is 2.33. The van der Waals surface area contributed by atoms with Crippen molar-refractivity contribution in [2.75, 3.05) is 11.5 Å². The number of fused-ring (bicyclic) bond motifs is 2. The molecule has 4 aromatic rings. The van der Waals surface area contributed by atoms with Crippen LogP contribution in [0.4, 0.5) is 5.13 Å². The third-order valence-corrected chi connectivity index (χ3v) is 6.16. The number of anilines is 1. The predicted octanol–water partition coefficient (Wildman–Crippen LogP) is 4.08. The predicted molar refractivity (Wildman–Crippen MR) is 116 cm³/mol. The van der Waals surface area contributed by atoms with E-state index in [1.54, 1.807) is 4.90 Å². The van der Waals surface area contributed by atoms with Gasteiger partial charge in [0.15, 0.2) is 5.13 Å². The SMILES string of the molecule is CCOc1ccc2nc(N(Cc3ccccc3)C(=O)c3nnc4n3CCC4)sc2c1. The fourth-order valence-corrected chi connectivity index (χ4v) is 4.68. The third kappa shape index (κ3) is 3.43. The van der Waals surface area contributed by atoms with Gasteiger partial charge in [0.25, 0.3) is 5.91 Å². The molecule has 0 unspecified atom stereocenters. The minimum Gasteiger partial charge on any atom is -0.494 e. The van der Waals surface area contributed by atoms with E-state index in [0.717, 1.165) is 46.7 Å². The lowest BCUT2D eigenvalue weighted by atomic mass is 10.2. The van der Waals surface area contributed by atoms with Gasteiger partial charge in [-0.05, 0) is 37.1 Å². The number of nitrogens with zero attached hydrogens (tertiary/aromatic N) is 5. The second-order valence-electron chi connectivity index (χ2n) is 7.13. The number of carbonyl (C=O) groups excluding carboxylic acids is 1. The molecule has 0 saturated carbocycles. The monoisotopic (exact) mass is 419 g/mol. The van der Waals surface area contributed by atoms with E-state index in [2.05, 4.69) is 10.2 Å². The minimum atomic E-state index is -0.177. The minimum absolute atomic E-state index is 0.177. The molecule has 1 aliphatic heterocycles. The van der Waals surface area contributed by atoms with Crippen LogP contribution in [0, 0.1) is 0 Å². The first-order chi connectivity index (χ1) is 14.7.